The number of benzene rings is 1. The van der Waals surface area contributed by atoms with Gasteiger partial charge in [0.25, 0.3) is 5.91 Å². The lowest BCUT2D eigenvalue weighted by Gasteiger charge is -2.26. The summed E-state index contributed by atoms with van der Waals surface area (Å²) in [6.07, 6.45) is 5.00. The van der Waals surface area contributed by atoms with E-state index in [2.05, 4.69) is 22.1 Å². The highest BCUT2D eigenvalue weighted by molar-refractivity contribution is 5.92. The first-order valence-corrected chi connectivity index (χ1v) is 7.56. The van der Waals surface area contributed by atoms with Crippen LogP contribution in [0.15, 0.2) is 42.6 Å². The van der Waals surface area contributed by atoms with Crippen molar-refractivity contribution >= 4 is 5.91 Å². The summed E-state index contributed by atoms with van der Waals surface area (Å²) in [6, 6.07) is 12.0. The lowest BCUT2D eigenvalue weighted by Crippen LogP contribution is -2.39. The molecule has 0 aliphatic heterocycles. The van der Waals surface area contributed by atoms with Crippen molar-refractivity contribution in [2.45, 2.75) is 32.2 Å². The van der Waals surface area contributed by atoms with Crippen LogP contribution in [0.3, 0.4) is 0 Å². The zero-order chi connectivity index (χ0) is 15.4. The summed E-state index contributed by atoms with van der Waals surface area (Å²) in [6.45, 7) is 2.04. The summed E-state index contributed by atoms with van der Waals surface area (Å²) in [5, 5.41) is 2.98. The lowest BCUT2D eigenvalue weighted by atomic mass is 9.93. The highest BCUT2D eigenvalue weighted by atomic mass is 16.1. The Morgan fingerprint density at radius 3 is 2.64 bits per heavy atom. The minimum absolute atomic E-state index is 0.0945. The molecule has 1 aliphatic carbocycles. The van der Waals surface area contributed by atoms with Gasteiger partial charge in [0.1, 0.15) is 5.69 Å². The van der Waals surface area contributed by atoms with E-state index in [1.807, 2.05) is 37.3 Å². The van der Waals surface area contributed by atoms with Gasteiger partial charge in [0.2, 0.25) is 0 Å². The van der Waals surface area contributed by atoms with E-state index < -0.39 is 0 Å². The van der Waals surface area contributed by atoms with Crippen molar-refractivity contribution in [1.29, 1.82) is 0 Å². The molecule has 22 heavy (non-hydrogen) atoms. The molecule has 1 aromatic carbocycles. The van der Waals surface area contributed by atoms with Crippen LogP contribution >= 0.6 is 0 Å². The van der Waals surface area contributed by atoms with Crippen LogP contribution in [-0.2, 0) is 0 Å². The number of aromatic nitrogens is 1. The monoisotopic (exact) mass is 290 g/mol. The topological polar surface area (TPSA) is 42.0 Å². The van der Waals surface area contributed by atoms with Crippen LogP contribution in [0.1, 0.15) is 46.4 Å². The first kappa shape index (κ1) is 14.3. The van der Waals surface area contributed by atoms with Crippen LogP contribution in [0.5, 0.6) is 0 Å². The Bertz CT molecular complexity index is 734. The number of pyridine rings is 1. The van der Waals surface area contributed by atoms with Gasteiger partial charge in [-0.2, -0.15) is 0 Å². The summed E-state index contributed by atoms with van der Waals surface area (Å²) in [4.78, 5) is 16.2. The molecule has 0 bridgehead atoms. The molecule has 1 fully saturated rings. The van der Waals surface area contributed by atoms with Crippen molar-refractivity contribution in [3.8, 4) is 11.8 Å². The van der Waals surface area contributed by atoms with Crippen molar-refractivity contribution in [3.63, 3.8) is 0 Å². The van der Waals surface area contributed by atoms with Gasteiger partial charge in [0.05, 0.1) is 0 Å². The average Bonchev–Trinajstić information content (AvgIpc) is 2.49. The standard InChI is InChI=1S/C19H18N2O/c1-14-4-2-5-15(12-14)8-9-16-10-11-18(20-13-16)19(22)21-17-6-3-7-17/h2,4-5,10-13,17H,3,6-7H2,1H3,(H,21,22). The molecule has 0 atom stereocenters. The minimum Gasteiger partial charge on any atom is -0.348 e. The highest BCUT2D eigenvalue weighted by Gasteiger charge is 2.20. The third-order valence-corrected chi connectivity index (χ3v) is 3.81. The van der Waals surface area contributed by atoms with Crippen molar-refractivity contribution in [2.24, 2.45) is 0 Å². The SMILES string of the molecule is Cc1cccc(C#Cc2ccc(C(=O)NC3CCC3)nc2)c1. The second-order valence-corrected chi connectivity index (χ2v) is 5.65. The van der Waals surface area contributed by atoms with E-state index in [0.29, 0.717) is 11.7 Å². The van der Waals surface area contributed by atoms with Gasteiger partial charge in [0, 0.05) is 23.4 Å². The molecule has 0 spiro atoms. The number of hydrogen-bond donors (Lipinski definition) is 1. The Morgan fingerprint density at radius 1 is 1.18 bits per heavy atom. The second kappa shape index (κ2) is 6.44. The quantitative estimate of drug-likeness (QED) is 0.864. The molecule has 3 rings (SSSR count). The second-order valence-electron chi connectivity index (χ2n) is 5.65. The molecule has 3 heteroatoms. The molecule has 0 radical (unpaired) electrons. The van der Waals surface area contributed by atoms with E-state index in [9.17, 15) is 4.79 Å². The van der Waals surface area contributed by atoms with E-state index in [4.69, 9.17) is 0 Å². The number of rotatable bonds is 2. The van der Waals surface area contributed by atoms with Crippen molar-refractivity contribution in [3.05, 3.63) is 65.0 Å². The third-order valence-electron chi connectivity index (χ3n) is 3.81. The average molecular weight is 290 g/mol. The molecule has 1 aromatic heterocycles. The van der Waals surface area contributed by atoms with Gasteiger partial charge >= 0.3 is 0 Å². The van der Waals surface area contributed by atoms with Crippen LogP contribution in [-0.4, -0.2) is 16.9 Å². The number of amides is 1. The summed E-state index contributed by atoms with van der Waals surface area (Å²) in [5.74, 6) is 6.09. The fourth-order valence-corrected chi connectivity index (χ4v) is 2.28. The van der Waals surface area contributed by atoms with Gasteiger partial charge in [-0.25, -0.2) is 4.98 Å². The zero-order valence-electron chi connectivity index (χ0n) is 12.6. The fraction of sp³-hybridized carbons (Fsp3) is 0.263. The van der Waals surface area contributed by atoms with Gasteiger partial charge < -0.3 is 5.32 Å². The molecule has 110 valence electrons. The smallest absolute Gasteiger partial charge is 0.270 e. The van der Waals surface area contributed by atoms with E-state index in [-0.39, 0.29) is 5.91 Å². The van der Waals surface area contributed by atoms with Crippen molar-refractivity contribution in [1.82, 2.24) is 10.3 Å². The van der Waals surface area contributed by atoms with E-state index in [1.165, 1.54) is 12.0 Å². The summed E-state index contributed by atoms with van der Waals surface area (Å²) in [7, 11) is 0. The van der Waals surface area contributed by atoms with Crippen molar-refractivity contribution < 1.29 is 4.79 Å². The van der Waals surface area contributed by atoms with Gasteiger partial charge in [-0.1, -0.05) is 24.0 Å². The van der Waals surface area contributed by atoms with Crippen LogP contribution in [0.25, 0.3) is 0 Å². The maximum absolute atomic E-state index is 12.0. The Labute approximate surface area is 130 Å². The lowest BCUT2D eigenvalue weighted by molar-refractivity contribution is 0.0912. The molecule has 0 saturated heterocycles. The number of nitrogens with zero attached hydrogens (tertiary/aromatic N) is 1. The summed E-state index contributed by atoms with van der Waals surface area (Å²) < 4.78 is 0. The number of aryl methyl sites for hydroxylation is 1. The zero-order valence-corrected chi connectivity index (χ0v) is 12.6. The first-order valence-electron chi connectivity index (χ1n) is 7.56. The Balaban J connectivity index is 1.67. The molecule has 0 unspecified atom stereocenters. The molecule has 1 aliphatic rings. The molecular formula is C19H18N2O. The molecule has 3 nitrogen and oxygen atoms in total. The normalized spacial score (nSPS) is 13.7. The van der Waals surface area contributed by atoms with Gasteiger partial charge in [-0.05, 0) is 56.0 Å². The van der Waals surface area contributed by atoms with Crippen LogP contribution in [0.2, 0.25) is 0 Å². The molecule has 1 amide bonds. The fourth-order valence-electron chi connectivity index (χ4n) is 2.28. The third kappa shape index (κ3) is 3.53. The Kier molecular flexibility index (Phi) is 4.20. The Morgan fingerprint density at radius 2 is 2.00 bits per heavy atom. The van der Waals surface area contributed by atoms with E-state index in [1.54, 1.807) is 12.3 Å². The number of carbonyl (C=O) groups excluding carboxylic acids is 1. The number of hydrogen-bond acceptors (Lipinski definition) is 2. The maximum Gasteiger partial charge on any atom is 0.270 e. The van der Waals surface area contributed by atoms with Crippen molar-refractivity contribution in [2.75, 3.05) is 0 Å². The highest BCUT2D eigenvalue weighted by Crippen LogP contribution is 2.18. The largest absolute Gasteiger partial charge is 0.348 e. The molecular weight excluding hydrogens is 272 g/mol. The number of carbonyl (C=O) groups is 1. The van der Waals surface area contributed by atoms with Gasteiger partial charge in [0.15, 0.2) is 0 Å². The minimum atomic E-state index is -0.0945. The van der Waals surface area contributed by atoms with Crippen LogP contribution < -0.4 is 5.32 Å². The maximum atomic E-state index is 12.0. The van der Waals surface area contributed by atoms with Gasteiger partial charge in [-0.3, -0.25) is 4.79 Å². The first-order chi connectivity index (χ1) is 10.7. The van der Waals surface area contributed by atoms with E-state index in [0.717, 1.165) is 24.0 Å². The molecule has 1 heterocycles. The van der Waals surface area contributed by atoms with Crippen LogP contribution in [0, 0.1) is 18.8 Å². The van der Waals surface area contributed by atoms with Gasteiger partial charge in [-0.15, -0.1) is 0 Å². The Hall–Kier alpha value is -2.60. The van der Waals surface area contributed by atoms with E-state index >= 15 is 0 Å². The predicted molar refractivity (Wildman–Crippen MR) is 86.5 cm³/mol. The number of nitrogens with one attached hydrogen (secondary N) is 1. The van der Waals surface area contributed by atoms with Crippen LogP contribution in [0.4, 0.5) is 0 Å². The predicted octanol–water partition coefficient (Wildman–Crippen LogP) is 3.07. The summed E-state index contributed by atoms with van der Waals surface area (Å²) in [5.41, 5.74) is 3.43. The molecule has 1 N–H and O–H groups in total. The molecule has 1 saturated carbocycles. The molecule has 2 aromatic rings. The summed E-state index contributed by atoms with van der Waals surface area (Å²) >= 11 is 0.